The molecule has 0 amide bonds. The Morgan fingerprint density at radius 3 is 2.24 bits per heavy atom. The first kappa shape index (κ1) is 20.1. The summed E-state index contributed by atoms with van der Waals surface area (Å²) in [5.41, 5.74) is 4.91. The van der Waals surface area contributed by atoms with E-state index in [-0.39, 0.29) is 5.25 Å². The number of anilines is 1. The number of sulfone groups is 1. The van der Waals surface area contributed by atoms with Crippen LogP contribution < -0.4 is 4.90 Å². The topological polar surface area (TPSA) is 50.3 Å². The molecule has 0 radical (unpaired) electrons. The molecule has 1 aliphatic rings. The van der Waals surface area contributed by atoms with Crippen molar-refractivity contribution in [3.05, 3.63) is 64.5 Å². The van der Waals surface area contributed by atoms with Gasteiger partial charge in [-0.25, -0.2) is 13.4 Å². The van der Waals surface area contributed by atoms with Crippen molar-refractivity contribution < 1.29 is 8.42 Å². The van der Waals surface area contributed by atoms with Gasteiger partial charge in [0.15, 0.2) is 15.0 Å². The third kappa shape index (κ3) is 3.96. The van der Waals surface area contributed by atoms with Gasteiger partial charge in [0.05, 0.1) is 15.8 Å². The molecule has 4 rings (SSSR count). The number of rotatable bonds is 4. The average Bonchev–Trinajstić information content (AvgIpc) is 3.18. The number of aryl methyl sites for hydroxylation is 3. The van der Waals surface area contributed by atoms with Gasteiger partial charge in [-0.05, 0) is 44.7 Å². The number of piperidine rings is 1. The lowest BCUT2D eigenvalue weighted by molar-refractivity contribution is 0.528. The first-order valence-corrected chi connectivity index (χ1v) is 12.4. The molecule has 3 aromatic rings. The van der Waals surface area contributed by atoms with Crippen molar-refractivity contribution in [3.63, 3.8) is 0 Å². The molecule has 29 heavy (non-hydrogen) atoms. The minimum atomic E-state index is -3.33. The zero-order chi connectivity index (χ0) is 20.6. The third-order valence-electron chi connectivity index (χ3n) is 5.60. The van der Waals surface area contributed by atoms with Crippen LogP contribution in [0.2, 0.25) is 0 Å². The molecule has 1 aromatic heterocycles. The largest absolute Gasteiger partial charge is 0.348 e. The van der Waals surface area contributed by atoms with Gasteiger partial charge in [-0.3, -0.25) is 0 Å². The van der Waals surface area contributed by atoms with Crippen LogP contribution in [0.3, 0.4) is 0 Å². The van der Waals surface area contributed by atoms with Crippen LogP contribution in [0.25, 0.3) is 11.3 Å². The SMILES string of the molecule is Cc1cc(C)c(S(=O)(=O)C2CCN(c3nc(-c4ccccc4)cs3)CC2)c(C)c1. The van der Waals surface area contributed by atoms with Crippen molar-refractivity contribution in [2.75, 3.05) is 18.0 Å². The van der Waals surface area contributed by atoms with E-state index >= 15 is 0 Å². The van der Waals surface area contributed by atoms with Crippen molar-refractivity contribution in [1.82, 2.24) is 4.98 Å². The predicted molar refractivity (Wildman–Crippen MR) is 121 cm³/mol. The molecule has 1 aliphatic heterocycles. The summed E-state index contributed by atoms with van der Waals surface area (Å²) < 4.78 is 26.7. The lowest BCUT2D eigenvalue weighted by atomic mass is 10.1. The number of hydrogen-bond donors (Lipinski definition) is 0. The van der Waals surface area contributed by atoms with Crippen LogP contribution in [0.1, 0.15) is 29.5 Å². The Bertz CT molecular complexity index is 1090. The summed E-state index contributed by atoms with van der Waals surface area (Å²) in [6.07, 6.45) is 1.27. The van der Waals surface area contributed by atoms with E-state index < -0.39 is 9.84 Å². The van der Waals surface area contributed by atoms with Crippen LogP contribution in [-0.2, 0) is 9.84 Å². The molecule has 0 spiro atoms. The molecule has 6 heteroatoms. The van der Waals surface area contributed by atoms with Gasteiger partial charge < -0.3 is 4.90 Å². The summed E-state index contributed by atoms with van der Waals surface area (Å²) in [7, 11) is -3.33. The number of nitrogens with zero attached hydrogens (tertiary/aromatic N) is 2. The van der Waals surface area contributed by atoms with E-state index in [1.54, 1.807) is 11.3 Å². The molecule has 1 fully saturated rings. The molecule has 0 aliphatic carbocycles. The highest BCUT2D eigenvalue weighted by Crippen LogP contribution is 2.33. The lowest BCUT2D eigenvalue weighted by Gasteiger charge is -2.32. The predicted octanol–water partition coefficient (Wildman–Crippen LogP) is 5.18. The molecule has 2 aromatic carbocycles. The molecule has 0 N–H and O–H groups in total. The van der Waals surface area contributed by atoms with Gasteiger partial charge in [-0.2, -0.15) is 0 Å². The molecule has 0 unspecified atom stereocenters. The maximum Gasteiger partial charge on any atom is 0.185 e. The maximum absolute atomic E-state index is 13.3. The van der Waals surface area contributed by atoms with Gasteiger partial charge in [-0.1, -0.05) is 48.0 Å². The molecule has 2 heterocycles. The van der Waals surface area contributed by atoms with Gasteiger partial charge in [0.25, 0.3) is 0 Å². The summed E-state index contributed by atoms with van der Waals surface area (Å²) in [4.78, 5) is 7.53. The van der Waals surface area contributed by atoms with Gasteiger partial charge in [0.2, 0.25) is 0 Å². The minimum Gasteiger partial charge on any atom is -0.348 e. The molecule has 0 saturated carbocycles. The van der Waals surface area contributed by atoms with E-state index in [9.17, 15) is 8.42 Å². The van der Waals surface area contributed by atoms with E-state index in [4.69, 9.17) is 4.98 Å². The van der Waals surface area contributed by atoms with Crippen molar-refractivity contribution in [2.24, 2.45) is 0 Å². The first-order valence-electron chi connectivity index (χ1n) is 9.94. The van der Waals surface area contributed by atoms with Gasteiger partial charge in [0, 0.05) is 24.0 Å². The Labute approximate surface area is 177 Å². The highest BCUT2D eigenvalue weighted by molar-refractivity contribution is 7.92. The molecule has 152 valence electrons. The minimum absolute atomic E-state index is 0.326. The summed E-state index contributed by atoms with van der Waals surface area (Å²) in [6, 6.07) is 14.1. The monoisotopic (exact) mass is 426 g/mol. The zero-order valence-corrected chi connectivity index (χ0v) is 18.7. The molecule has 0 bridgehead atoms. The van der Waals surface area contributed by atoms with Crippen LogP contribution >= 0.6 is 11.3 Å². The molecular formula is C23H26N2O2S2. The van der Waals surface area contributed by atoms with Gasteiger partial charge in [-0.15, -0.1) is 11.3 Å². The first-order chi connectivity index (χ1) is 13.9. The summed E-state index contributed by atoms with van der Waals surface area (Å²) in [6.45, 7) is 7.25. The Morgan fingerprint density at radius 1 is 1.00 bits per heavy atom. The number of thiazole rings is 1. The Kier molecular flexibility index (Phi) is 5.49. The molecule has 4 nitrogen and oxygen atoms in total. The fraction of sp³-hybridized carbons (Fsp3) is 0.348. The van der Waals surface area contributed by atoms with Crippen molar-refractivity contribution >= 4 is 26.3 Å². The number of benzene rings is 2. The van der Waals surface area contributed by atoms with Crippen molar-refractivity contribution in [1.29, 1.82) is 0 Å². The van der Waals surface area contributed by atoms with E-state index in [0.717, 1.165) is 46.2 Å². The van der Waals surface area contributed by atoms with Crippen molar-refractivity contribution in [3.8, 4) is 11.3 Å². The Hall–Kier alpha value is -2.18. The van der Waals surface area contributed by atoms with E-state index in [0.29, 0.717) is 17.7 Å². The second kappa shape index (κ2) is 7.92. The van der Waals surface area contributed by atoms with E-state index in [1.807, 2.05) is 51.1 Å². The van der Waals surface area contributed by atoms with Crippen LogP contribution in [-0.4, -0.2) is 31.7 Å². The van der Waals surface area contributed by atoms with E-state index in [2.05, 4.69) is 22.4 Å². The fourth-order valence-electron chi connectivity index (χ4n) is 4.29. The lowest BCUT2D eigenvalue weighted by Crippen LogP contribution is -2.39. The molecule has 0 atom stereocenters. The van der Waals surface area contributed by atoms with Crippen LogP contribution in [0.4, 0.5) is 5.13 Å². The van der Waals surface area contributed by atoms with Crippen LogP contribution in [0.15, 0.2) is 52.7 Å². The maximum atomic E-state index is 13.3. The number of aromatic nitrogens is 1. The summed E-state index contributed by atoms with van der Waals surface area (Å²) in [5, 5.41) is 2.72. The quantitative estimate of drug-likeness (QED) is 0.577. The highest BCUT2D eigenvalue weighted by Gasteiger charge is 2.34. The third-order valence-corrected chi connectivity index (χ3v) is 9.07. The highest BCUT2D eigenvalue weighted by atomic mass is 32.2. The Morgan fingerprint density at radius 2 is 1.62 bits per heavy atom. The standard InChI is InChI=1S/C23H26N2O2S2/c1-16-13-17(2)22(18(3)14-16)29(26,27)20-9-11-25(12-10-20)23-24-21(15-28-23)19-7-5-4-6-8-19/h4-8,13-15,20H,9-12H2,1-3H3. The molecular weight excluding hydrogens is 400 g/mol. The number of hydrogen-bond acceptors (Lipinski definition) is 5. The van der Waals surface area contributed by atoms with Crippen molar-refractivity contribution in [2.45, 2.75) is 43.8 Å². The van der Waals surface area contributed by atoms with Crippen LogP contribution in [0.5, 0.6) is 0 Å². The van der Waals surface area contributed by atoms with Gasteiger partial charge >= 0.3 is 0 Å². The normalized spacial score (nSPS) is 15.6. The molecule has 1 saturated heterocycles. The second-order valence-electron chi connectivity index (χ2n) is 7.84. The summed E-state index contributed by atoms with van der Waals surface area (Å²) >= 11 is 1.63. The second-order valence-corrected chi connectivity index (χ2v) is 10.8. The van der Waals surface area contributed by atoms with Gasteiger partial charge in [0.1, 0.15) is 0 Å². The smallest absolute Gasteiger partial charge is 0.185 e. The van der Waals surface area contributed by atoms with E-state index in [1.165, 1.54) is 0 Å². The Balaban J connectivity index is 1.49. The fourth-order valence-corrected chi connectivity index (χ4v) is 7.36. The van der Waals surface area contributed by atoms with Crippen LogP contribution in [0, 0.1) is 20.8 Å². The average molecular weight is 427 g/mol. The summed E-state index contributed by atoms with van der Waals surface area (Å²) in [5.74, 6) is 0. The zero-order valence-electron chi connectivity index (χ0n) is 17.1.